The minimum absolute atomic E-state index is 0.0120. The summed E-state index contributed by atoms with van der Waals surface area (Å²) in [5.41, 5.74) is 9.14. The predicted molar refractivity (Wildman–Crippen MR) is 81.0 cm³/mol. The van der Waals surface area contributed by atoms with Crippen molar-refractivity contribution in [1.82, 2.24) is 0 Å². The van der Waals surface area contributed by atoms with E-state index in [1.54, 1.807) is 12.1 Å². The number of aromatic carboxylic acids is 1. The lowest BCUT2D eigenvalue weighted by Crippen LogP contribution is -2.12. The van der Waals surface area contributed by atoms with Gasteiger partial charge in [-0.05, 0) is 43.2 Å². The highest BCUT2D eigenvalue weighted by Gasteiger charge is 2.14. The van der Waals surface area contributed by atoms with E-state index < -0.39 is 5.97 Å². The van der Waals surface area contributed by atoms with Crippen molar-refractivity contribution >= 4 is 17.3 Å². The van der Waals surface area contributed by atoms with Gasteiger partial charge in [-0.15, -0.1) is 0 Å². The molecular weight excluding hydrogens is 252 g/mol. The van der Waals surface area contributed by atoms with Crippen LogP contribution in [0.15, 0.2) is 42.5 Å². The third-order valence-electron chi connectivity index (χ3n) is 3.30. The van der Waals surface area contributed by atoms with E-state index in [-0.39, 0.29) is 11.6 Å². The Morgan fingerprint density at radius 3 is 2.60 bits per heavy atom. The molecule has 0 aromatic heterocycles. The van der Waals surface area contributed by atoms with Gasteiger partial charge in [-0.3, -0.25) is 0 Å². The lowest BCUT2D eigenvalue weighted by atomic mass is 10.0. The van der Waals surface area contributed by atoms with E-state index in [1.165, 1.54) is 11.6 Å². The van der Waals surface area contributed by atoms with E-state index in [0.717, 1.165) is 5.56 Å². The average Bonchev–Trinajstić information content (AvgIpc) is 2.41. The van der Waals surface area contributed by atoms with Crippen LogP contribution in [-0.4, -0.2) is 11.1 Å². The Morgan fingerprint density at radius 2 is 1.95 bits per heavy atom. The first-order valence-electron chi connectivity index (χ1n) is 6.44. The normalized spacial score (nSPS) is 11.9. The van der Waals surface area contributed by atoms with Crippen LogP contribution in [0.4, 0.5) is 11.4 Å². The molecule has 20 heavy (non-hydrogen) atoms. The molecule has 0 saturated heterocycles. The average molecular weight is 270 g/mol. The number of hydrogen-bond acceptors (Lipinski definition) is 3. The number of carboxylic acid groups (broad SMARTS) is 1. The second-order valence-electron chi connectivity index (χ2n) is 4.83. The molecule has 1 atom stereocenters. The van der Waals surface area contributed by atoms with Crippen molar-refractivity contribution < 1.29 is 9.90 Å². The zero-order valence-corrected chi connectivity index (χ0v) is 11.6. The van der Waals surface area contributed by atoms with Crippen LogP contribution < -0.4 is 11.1 Å². The summed E-state index contributed by atoms with van der Waals surface area (Å²) >= 11 is 0. The van der Waals surface area contributed by atoms with Crippen LogP contribution in [0, 0.1) is 6.92 Å². The van der Waals surface area contributed by atoms with E-state index in [9.17, 15) is 9.90 Å². The summed E-state index contributed by atoms with van der Waals surface area (Å²) < 4.78 is 0. The van der Waals surface area contributed by atoms with Crippen molar-refractivity contribution in [2.24, 2.45) is 0 Å². The van der Waals surface area contributed by atoms with E-state index >= 15 is 0 Å². The SMILES string of the molecule is Cc1ccccc1C(C)Nc1ccc(N)cc1C(=O)O. The van der Waals surface area contributed by atoms with Gasteiger partial charge >= 0.3 is 5.97 Å². The summed E-state index contributed by atoms with van der Waals surface area (Å²) in [6.07, 6.45) is 0. The minimum atomic E-state index is -0.989. The van der Waals surface area contributed by atoms with Gasteiger partial charge in [-0.1, -0.05) is 24.3 Å². The van der Waals surface area contributed by atoms with Gasteiger partial charge in [0.2, 0.25) is 0 Å². The first-order valence-corrected chi connectivity index (χ1v) is 6.44. The van der Waals surface area contributed by atoms with Crippen molar-refractivity contribution in [3.63, 3.8) is 0 Å². The molecule has 0 heterocycles. The number of benzene rings is 2. The smallest absolute Gasteiger partial charge is 0.337 e. The fraction of sp³-hybridized carbons (Fsp3) is 0.188. The highest BCUT2D eigenvalue weighted by molar-refractivity contribution is 5.95. The molecule has 0 bridgehead atoms. The maximum Gasteiger partial charge on any atom is 0.337 e. The van der Waals surface area contributed by atoms with Crippen molar-refractivity contribution in [3.05, 3.63) is 59.2 Å². The number of nitrogen functional groups attached to an aromatic ring is 1. The van der Waals surface area contributed by atoms with Gasteiger partial charge < -0.3 is 16.2 Å². The van der Waals surface area contributed by atoms with Crippen molar-refractivity contribution in [1.29, 1.82) is 0 Å². The molecule has 0 radical (unpaired) electrons. The van der Waals surface area contributed by atoms with E-state index in [4.69, 9.17) is 5.73 Å². The third-order valence-corrected chi connectivity index (χ3v) is 3.30. The molecule has 4 N–H and O–H groups in total. The number of carbonyl (C=O) groups is 1. The zero-order valence-electron chi connectivity index (χ0n) is 11.6. The van der Waals surface area contributed by atoms with Gasteiger partial charge in [0.15, 0.2) is 0 Å². The van der Waals surface area contributed by atoms with Gasteiger partial charge in [0, 0.05) is 17.4 Å². The Hall–Kier alpha value is -2.49. The maximum atomic E-state index is 11.3. The quantitative estimate of drug-likeness (QED) is 0.744. The van der Waals surface area contributed by atoms with Crippen LogP contribution in [0.5, 0.6) is 0 Å². The Bertz CT molecular complexity index is 638. The fourth-order valence-corrected chi connectivity index (χ4v) is 2.25. The van der Waals surface area contributed by atoms with Crippen LogP contribution in [-0.2, 0) is 0 Å². The molecule has 2 aromatic rings. The zero-order chi connectivity index (χ0) is 14.7. The summed E-state index contributed by atoms with van der Waals surface area (Å²) in [6.45, 7) is 4.04. The molecule has 2 rings (SSSR count). The number of anilines is 2. The third kappa shape index (κ3) is 2.91. The summed E-state index contributed by atoms with van der Waals surface area (Å²) in [7, 11) is 0. The van der Waals surface area contributed by atoms with Gasteiger partial charge in [-0.2, -0.15) is 0 Å². The van der Waals surface area contributed by atoms with Gasteiger partial charge in [0.05, 0.1) is 5.56 Å². The van der Waals surface area contributed by atoms with Crippen molar-refractivity contribution in [2.45, 2.75) is 19.9 Å². The molecule has 2 aromatic carbocycles. The molecular formula is C16H18N2O2. The predicted octanol–water partition coefficient (Wildman–Crippen LogP) is 3.45. The number of aryl methyl sites for hydroxylation is 1. The summed E-state index contributed by atoms with van der Waals surface area (Å²) in [4.78, 5) is 11.3. The topological polar surface area (TPSA) is 75.3 Å². The molecule has 0 amide bonds. The number of carboxylic acids is 1. The van der Waals surface area contributed by atoms with Crippen LogP contribution in [0.2, 0.25) is 0 Å². The fourth-order valence-electron chi connectivity index (χ4n) is 2.25. The molecule has 1 unspecified atom stereocenters. The lowest BCUT2D eigenvalue weighted by Gasteiger charge is -2.19. The largest absolute Gasteiger partial charge is 0.478 e. The Labute approximate surface area is 118 Å². The monoisotopic (exact) mass is 270 g/mol. The van der Waals surface area contributed by atoms with Crippen molar-refractivity contribution in [2.75, 3.05) is 11.1 Å². The molecule has 4 heteroatoms. The number of hydrogen-bond donors (Lipinski definition) is 3. The first-order chi connectivity index (χ1) is 9.49. The number of nitrogens with one attached hydrogen (secondary N) is 1. The van der Waals surface area contributed by atoms with Crippen LogP contribution in [0.25, 0.3) is 0 Å². The van der Waals surface area contributed by atoms with Crippen LogP contribution in [0.3, 0.4) is 0 Å². The summed E-state index contributed by atoms with van der Waals surface area (Å²) in [5, 5.41) is 12.5. The van der Waals surface area contributed by atoms with Gasteiger partial charge in [0.25, 0.3) is 0 Å². The number of nitrogens with two attached hydrogens (primary N) is 1. The van der Waals surface area contributed by atoms with Gasteiger partial charge in [0.1, 0.15) is 0 Å². The molecule has 0 aliphatic carbocycles. The highest BCUT2D eigenvalue weighted by atomic mass is 16.4. The molecule has 0 spiro atoms. The van der Waals surface area contributed by atoms with Crippen LogP contribution >= 0.6 is 0 Å². The summed E-state index contributed by atoms with van der Waals surface area (Å²) in [5.74, 6) is -0.989. The molecule has 0 aliphatic heterocycles. The molecule has 4 nitrogen and oxygen atoms in total. The highest BCUT2D eigenvalue weighted by Crippen LogP contribution is 2.25. The maximum absolute atomic E-state index is 11.3. The molecule has 0 saturated carbocycles. The second-order valence-corrected chi connectivity index (χ2v) is 4.83. The minimum Gasteiger partial charge on any atom is -0.478 e. The van der Waals surface area contributed by atoms with E-state index in [1.807, 2.05) is 38.1 Å². The number of rotatable bonds is 4. The molecule has 0 fully saturated rings. The summed E-state index contributed by atoms with van der Waals surface area (Å²) in [6, 6.07) is 12.9. The van der Waals surface area contributed by atoms with Gasteiger partial charge in [-0.25, -0.2) is 4.79 Å². The Balaban J connectivity index is 2.31. The van der Waals surface area contributed by atoms with E-state index in [2.05, 4.69) is 5.32 Å². The lowest BCUT2D eigenvalue weighted by molar-refractivity contribution is 0.0698. The van der Waals surface area contributed by atoms with Crippen LogP contribution in [0.1, 0.15) is 34.5 Å². The van der Waals surface area contributed by atoms with Crippen molar-refractivity contribution in [3.8, 4) is 0 Å². The Kier molecular flexibility index (Phi) is 3.94. The molecule has 104 valence electrons. The first kappa shape index (κ1) is 13.9. The molecule has 0 aliphatic rings. The standard InChI is InChI=1S/C16H18N2O2/c1-10-5-3-4-6-13(10)11(2)18-15-8-7-12(17)9-14(15)16(19)20/h3-9,11,18H,17H2,1-2H3,(H,19,20). The second kappa shape index (κ2) is 5.65. The Morgan fingerprint density at radius 1 is 1.25 bits per heavy atom. The van der Waals surface area contributed by atoms with E-state index in [0.29, 0.717) is 11.4 Å².